The summed E-state index contributed by atoms with van der Waals surface area (Å²) in [5.41, 5.74) is 1.91. The number of benzene rings is 1. The first-order valence-electron chi connectivity index (χ1n) is 8.47. The van der Waals surface area contributed by atoms with E-state index in [9.17, 15) is 9.59 Å². The lowest BCUT2D eigenvalue weighted by Crippen LogP contribution is -2.48. The van der Waals surface area contributed by atoms with Gasteiger partial charge in [-0.05, 0) is 30.4 Å². The van der Waals surface area contributed by atoms with E-state index in [4.69, 9.17) is 4.74 Å². The molecular formula is C18H24N2O3. The van der Waals surface area contributed by atoms with E-state index in [0.29, 0.717) is 19.5 Å². The molecule has 124 valence electrons. The maximum absolute atomic E-state index is 12.8. The lowest BCUT2D eigenvalue weighted by atomic mass is 9.91. The number of hydrogen-bond acceptors (Lipinski definition) is 3. The Morgan fingerprint density at radius 1 is 1.39 bits per heavy atom. The fourth-order valence-corrected chi connectivity index (χ4v) is 3.43. The van der Waals surface area contributed by atoms with E-state index in [-0.39, 0.29) is 17.9 Å². The molecule has 5 nitrogen and oxygen atoms in total. The van der Waals surface area contributed by atoms with Crippen molar-refractivity contribution in [1.29, 1.82) is 0 Å². The Labute approximate surface area is 137 Å². The Morgan fingerprint density at radius 2 is 2.22 bits per heavy atom. The molecule has 0 unspecified atom stereocenters. The van der Waals surface area contributed by atoms with E-state index in [0.717, 1.165) is 37.0 Å². The van der Waals surface area contributed by atoms with Crippen LogP contribution in [0.4, 0.5) is 0 Å². The molecule has 0 aromatic heterocycles. The molecule has 2 atom stereocenters. The summed E-state index contributed by atoms with van der Waals surface area (Å²) in [6.07, 6.45) is 3.36. The summed E-state index contributed by atoms with van der Waals surface area (Å²) >= 11 is 0. The molecule has 23 heavy (non-hydrogen) atoms. The van der Waals surface area contributed by atoms with Crippen molar-refractivity contribution < 1.29 is 14.3 Å². The van der Waals surface area contributed by atoms with Gasteiger partial charge in [0.25, 0.3) is 0 Å². The lowest BCUT2D eigenvalue weighted by molar-refractivity contribution is -0.141. The van der Waals surface area contributed by atoms with Crippen LogP contribution in [0.2, 0.25) is 0 Å². The number of amides is 2. The number of carbonyl (C=O) groups is 2. The monoisotopic (exact) mass is 316 g/mol. The van der Waals surface area contributed by atoms with Crippen molar-refractivity contribution in [2.75, 3.05) is 19.7 Å². The van der Waals surface area contributed by atoms with Gasteiger partial charge in [-0.15, -0.1) is 0 Å². The third kappa shape index (κ3) is 3.39. The van der Waals surface area contributed by atoms with Crippen LogP contribution in [0.25, 0.3) is 0 Å². The predicted molar refractivity (Wildman–Crippen MR) is 86.9 cm³/mol. The van der Waals surface area contributed by atoms with Gasteiger partial charge in [-0.25, -0.2) is 0 Å². The van der Waals surface area contributed by atoms with Crippen LogP contribution < -0.4 is 5.32 Å². The number of hydrogen-bond donors (Lipinski definition) is 1. The van der Waals surface area contributed by atoms with Crippen molar-refractivity contribution in [2.24, 2.45) is 0 Å². The molecule has 3 rings (SSSR count). The zero-order valence-electron chi connectivity index (χ0n) is 13.6. The van der Waals surface area contributed by atoms with Crippen molar-refractivity contribution in [1.82, 2.24) is 10.2 Å². The molecule has 1 fully saturated rings. The minimum absolute atomic E-state index is 0.0304. The Balaban J connectivity index is 1.79. The smallest absolute Gasteiger partial charge is 0.247 e. The van der Waals surface area contributed by atoms with Crippen molar-refractivity contribution in [3.63, 3.8) is 0 Å². The van der Waals surface area contributed by atoms with Gasteiger partial charge in [-0.3, -0.25) is 9.59 Å². The van der Waals surface area contributed by atoms with E-state index < -0.39 is 6.04 Å². The lowest BCUT2D eigenvalue weighted by Gasteiger charge is -2.36. The highest BCUT2D eigenvalue weighted by Crippen LogP contribution is 2.30. The highest BCUT2D eigenvalue weighted by molar-refractivity contribution is 5.92. The molecule has 2 amide bonds. The summed E-state index contributed by atoms with van der Waals surface area (Å²) in [5.74, 6) is -0.0720. The topological polar surface area (TPSA) is 58.6 Å². The van der Waals surface area contributed by atoms with E-state index in [1.165, 1.54) is 0 Å². The standard InChI is InChI=1S/C18H24N2O3/c1-2-9-20-16(21)11-13-6-3-4-8-15(13)17(20)18(22)19-12-14-7-5-10-23-14/h3-4,6,8,14,17H,2,5,7,9-12H2,1H3,(H,19,22)/t14-,17+/m1/s1. The van der Waals surface area contributed by atoms with Crippen molar-refractivity contribution in [3.8, 4) is 0 Å². The Hall–Kier alpha value is -1.88. The Morgan fingerprint density at radius 3 is 2.96 bits per heavy atom. The minimum Gasteiger partial charge on any atom is -0.376 e. The normalized spacial score (nSPS) is 23.7. The van der Waals surface area contributed by atoms with Crippen LogP contribution in [0, 0.1) is 0 Å². The third-order valence-electron chi connectivity index (χ3n) is 4.56. The molecule has 2 aliphatic heterocycles. The fraction of sp³-hybridized carbons (Fsp3) is 0.556. The van der Waals surface area contributed by atoms with Crippen LogP contribution in [0.1, 0.15) is 43.4 Å². The second-order valence-electron chi connectivity index (χ2n) is 6.25. The average Bonchev–Trinajstić information content (AvgIpc) is 3.07. The van der Waals surface area contributed by atoms with Crippen LogP contribution in [0.5, 0.6) is 0 Å². The molecule has 1 aromatic rings. The molecule has 2 heterocycles. The van der Waals surface area contributed by atoms with Gasteiger partial charge in [0, 0.05) is 19.7 Å². The van der Waals surface area contributed by atoms with Crippen LogP contribution in [0.3, 0.4) is 0 Å². The number of carbonyl (C=O) groups excluding carboxylic acids is 2. The molecule has 0 bridgehead atoms. The molecule has 0 saturated carbocycles. The number of ether oxygens (including phenoxy) is 1. The van der Waals surface area contributed by atoms with Crippen LogP contribution >= 0.6 is 0 Å². The summed E-state index contributed by atoms with van der Waals surface area (Å²) in [4.78, 5) is 26.9. The third-order valence-corrected chi connectivity index (χ3v) is 4.56. The maximum atomic E-state index is 12.8. The Kier molecular flexibility index (Phi) is 4.96. The highest BCUT2D eigenvalue weighted by atomic mass is 16.5. The van der Waals surface area contributed by atoms with Gasteiger partial charge in [-0.2, -0.15) is 0 Å². The second kappa shape index (κ2) is 7.13. The van der Waals surface area contributed by atoms with Crippen LogP contribution in [-0.4, -0.2) is 42.5 Å². The number of nitrogens with one attached hydrogen (secondary N) is 1. The van der Waals surface area contributed by atoms with Gasteiger partial charge in [-0.1, -0.05) is 31.2 Å². The van der Waals surface area contributed by atoms with Gasteiger partial charge in [0.05, 0.1) is 12.5 Å². The first kappa shape index (κ1) is 16.0. The number of fused-ring (bicyclic) bond motifs is 1. The maximum Gasteiger partial charge on any atom is 0.247 e. The first-order valence-corrected chi connectivity index (χ1v) is 8.47. The van der Waals surface area contributed by atoms with Crippen molar-refractivity contribution >= 4 is 11.8 Å². The van der Waals surface area contributed by atoms with Gasteiger partial charge in [0.2, 0.25) is 11.8 Å². The van der Waals surface area contributed by atoms with Crippen LogP contribution in [0.15, 0.2) is 24.3 Å². The molecule has 2 aliphatic rings. The molecule has 0 spiro atoms. The van der Waals surface area contributed by atoms with E-state index in [2.05, 4.69) is 5.32 Å². The molecule has 0 radical (unpaired) electrons. The van der Waals surface area contributed by atoms with Gasteiger partial charge in [0.1, 0.15) is 6.04 Å². The number of rotatable bonds is 5. The highest BCUT2D eigenvalue weighted by Gasteiger charge is 2.36. The van der Waals surface area contributed by atoms with Crippen LogP contribution in [-0.2, 0) is 20.7 Å². The molecule has 1 saturated heterocycles. The predicted octanol–water partition coefficient (Wildman–Crippen LogP) is 1.82. The molecule has 1 aromatic carbocycles. The zero-order chi connectivity index (χ0) is 16.2. The molecule has 1 N–H and O–H groups in total. The number of nitrogens with zero attached hydrogens (tertiary/aromatic N) is 1. The summed E-state index contributed by atoms with van der Waals surface area (Å²) < 4.78 is 5.56. The minimum atomic E-state index is -0.520. The first-order chi connectivity index (χ1) is 11.2. The quantitative estimate of drug-likeness (QED) is 0.901. The molecular weight excluding hydrogens is 292 g/mol. The summed E-state index contributed by atoms with van der Waals surface area (Å²) in [6, 6.07) is 7.23. The fourth-order valence-electron chi connectivity index (χ4n) is 3.43. The SMILES string of the molecule is CCCN1C(=O)Cc2ccccc2[C@H]1C(=O)NC[C@H]1CCCO1. The van der Waals surface area contributed by atoms with Gasteiger partial charge in [0.15, 0.2) is 0 Å². The molecule has 5 heteroatoms. The summed E-state index contributed by atoms with van der Waals surface area (Å²) in [5, 5.41) is 2.99. The van der Waals surface area contributed by atoms with Gasteiger partial charge >= 0.3 is 0 Å². The van der Waals surface area contributed by atoms with E-state index in [1.807, 2.05) is 31.2 Å². The largest absolute Gasteiger partial charge is 0.376 e. The van der Waals surface area contributed by atoms with E-state index in [1.54, 1.807) is 4.90 Å². The Bertz CT molecular complexity index is 581. The molecule has 0 aliphatic carbocycles. The average molecular weight is 316 g/mol. The van der Waals surface area contributed by atoms with Gasteiger partial charge < -0.3 is 15.0 Å². The second-order valence-corrected chi connectivity index (χ2v) is 6.25. The zero-order valence-corrected chi connectivity index (χ0v) is 13.6. The van der Waals surface area contributed by atoms with Crippen molar-refractivity contribution in [2.45, 2.75) is 44.8 Å². The van der Waals surface area contributed by atoms with Crippen molar-refractivity contribution in [3.05, 3.63) is 35.4 Å². The summed E-state index contributed by atoms with van der Waals surface area (Å²) in [6.45, 7) is 3.92. The van der Waals surface area contributed by atoms with E-state index >= 15 is 0 Å². The summed E-state index contributed by atoms with van der Waals surface area (Å²) in [7, 11) is 0.